The van der Waals surface area contributed by atoms with Gasteiger partial charge in [-0.25, -0.2) is 0 Å². The molecule has 0 heterocycles. The fourth-order valence-electron chi connectivity index (χ4n) is 7.91. The summed E-state index contributed by atoms with van der Waals surface area (Å²) in [7, 11) is 0. The SMILES string of the molecule is CC/C=C\C/C=C\C/C=C\CCCCCCCCCC(=O)OCC(COCCCCCCCCCCCC/C=C\C/C=C\CCCCC)OC(=O)CCCCCCCCCCCCC. The van der Waals surface area contributed by atoms with Crippen LogP contribution in [0.2, 0.25) is 0 Å². The topological polar surface area (TPSA) is 61.8 Å². The van der Waals surface area contributed by atoms with Gasteiger partial charge in [0.05, 0.1) is 6.61 Å². The highest BCUT2D eigenvalue weighted by Crippen LogP contribution is 2.15. The van der Waals surface area contributed by atoms with Gasteiger partial charge in [-0.05, 0) is 83.5 Å². The van der Waals surface area contributed by atoms with E-state index in [1.54, 1.807) is 0 Å². The minimum atomic E-state index is -0.540. The van der Waals surface area contributed by atoms with E-state index in [0.717, 1.165) is 77.0 Å². The average Bonchev–Trinajstić information content (AvgIpc) is 3.30. The first-order chi connectivity index (χ1) is 31.6. The summed E-state index contributed by atoms with van der Waals surface area (Å²) in [4.78, 5) is 25.4. The minimum absolute atomic E-state index is 0.0808. The fraction of sp³-hybridized carbons (Fsp3) is 0.797. The molecule has 0 rings (SSSR count). The van der Waals surface area contributed by atoms with Crippen molar-refractivity contribution in [1.29, 1.82) is 0 Å². The lowest BCUT2D eigenvalue weighted by atomic mass is 10.1. The van der Waals surface area contributed by atoms with Crippen molar-refractivity contribution in [3.05, 3.63) is 60.8 Å². The van der Waals surface area contributed by atoms with Crippen LogP contribution in [-0.4, -0.2) is 37.9 Å². The fourth-order valence-corrected chi connectivity index (χ4v) is 7.91. The molecule has 0 fully saturated rings. The average molecular weight is 895 g/mol. The molecular formula is C59H106O5. The number of ether oxygens (including phenoxy) is 3. The quantitative estimate of drug-likeness (QED) is 0.0346. The number of esters is 2. The van der Waals surface area contributed by atoms with Crippen molar-refractivity contribution in [2.75, 3.05) is 19.8 Å². The molecule has 1 unspecified atom stereocenters. The molecule has 0 aliphatic rings. The van der Waals surface area contributed by atoms with E-state index in [2.05, 4.69) is 81.5 Å². The lowest BCUT2D eigenvalue weighted by Gasteiger charge is -2.18. The van der Waals surface area contributed by atoms with E-state index in [-0.39, 0.29) is 25.2 Å². The molecule has 1 atom stereocenters. The van der Waals surface area contributed by atoms with Crippen LogP contribution in [0.15, 0.2) is 60.8 Å². The number of rotatable bonds is 51. The Labute approximate surface area is 398 Å². The summed E-state index contributed by atoms with van der Waals surface area (Å²) in [5.41, 5.74) is 0. The Morgan fingerprint density at radius 3 is 1.16 bits per heavy atom. The molecule has 5 heteroatoms. The van der Waals surface area contributed by atoms with Crippen LogP contribution in [0.5, 0.6) is 0 Å². The number of unbranched alkanes of at least 4 members (excludes halogenated alkanes) is 30. The third-order valence-corrected chi connectivity index (χ3v) is 12.0. The highest BCUT2D eigenvalue weighted by molar-refractivity contribution is 5.70. The van der Waals surface area contributed by atoms with Crippen molar-refractivity contribution in [2.24, 2.45) is 0 Å². The molecule has 0 radical (unpaired) electrons. The van der Waals surface area contributed by atoms with Gasteiger partial charge in [-0.15, -0.1) is 0 Å². The maximum atomic E-state index is 12.8. The van der Waals surface area contributed by atoms with E-state index in [1.807, 2.05) is 0 Å². The summed E-state index contributed by atoms with van der Waals surface area (Å²) in [5.74, 6) is -0.400. The van der Waals surface area contributed by atoms with Gasteiger partial charge in [-0.3, -0.25) is 9.59 Å². The first kappa shape index (κ1) is 61.6. The molecule has 0 aromatic heterocycles. The highest BCUT2D eigenvalue weighted by Gasteiger charge is 2.17. The Balaban J connectivity index is 4.21. The van der Waals surface area contributed by atoms with Crippen molar-refractivity contribution < 1.29 is 23.8 Å². The first-order valence-electron chi connectivity index (χ1n) is 27.8. The Bertz CT molecular complexity index is 1100. The standard InChI is InChI=1S/C59H106O5/c1-4-7-10-13-16-19-22-24-26-28-29-30-32-34-36-39-42-45-48-51-54-62-55-57(64-59(61)53-50-47-44-41-37-21-18-15-12-9-6-3)56-63-58(60)52-49-46-43-40-38-35-33-31-27-25-23-20-17-14-11-8-5-2/h8,11,16-17,19-20,24-27,57H,4-7,9-10,12-15,18,21-23,28-56H2,1-3H3/b11-8-,19-16-,20-17-,26-24-,27-25-. The van der Waals surface area contributed by atoms with Gasteiger partial charge >= 0.3 is 11.9 Å². The second-order valence-electron chi connectivity index (χ2n) is 18.5. The van der Waals surface area contributed by atoms with Gasteiger partial charge in [0.25, 0.3) is 0 Å². The van der Waals surface area contributed by atoms with Crippen molar-refractivity contribution in [3.8, 4) is 0 Å². The molecule has 0 saturated carbocycles. The molecule has 0 aliphatic carbocycles. The minimum Gasteiger partial charge on any atom is -0.462 e. The number of hydrogen-bond donors (Lipinski definition) is 0. The molecule has 5 nitrogen and oxygen atoms in total. The largest absolute Gasteiger partial charge is 0.462 e. The van der Waals surface area contributed by atoms with Crippen LogP contribution in [-0.2, 0) is 23.8 Å². The van der Waals surface area contributed by atoms with Gasteiger partial charge in [0.15, 0.2) is 6.10 Å². The van der Waals surface area contributed by atoms with Gasteiger partial charge in [0, 0.05) is 19.4 Å². The summed E-state index contributed by atoms with van der Waals surface area (Å²) in [6.45, 7) is 7.71. The zero-order valence-corrected chi connectivity index (χ0v) is 42.8. The van der Waals surface area contributed by atoms with Gasteiger partial charge < -0.3 is 14.2 Å². The predicted octanol–water partition coefficient (Wildman–Crippen LogP) is 18.9. The zero-order valence-electron chi connectivity index (χ0n) is 42.8. The van der Waals surface area contributed by atoms with Gasteiger partial charge in [-0.1, -0.05) is 242 Å². The maximum Gasteiger partial charge on any atom is 0.306 e. The molecule has 372 valence electrons. The lowest BCUT2D eigenvalue weighted by molar-refractivity contribution is -0.163. The van der Waals surface area contributed by atoms with Crippen LogP contribution in [0, 0.1) is 0 Å². The van der Waals surface area contributed by atoms with E-state index in [0.29, 0.717) is 19.4 Å². The van der Waals surface area contributed by atoms with Crippen molar-refractivity contribution in [3.63, 3.8) is 0 Å². The van der Waals surface area contributed by atoms with E-state index in [9.17, 15) is 9.59 Å². The molecule has 0 N–H and O–H groups in total. The Morgan fingerprint density at radius 2 is 0.703 bits per heavy atom. The molecule has 0 saturated heterocycles. The van der Waals surface area contributed by atoms with Crippen molar-refractivity contribution in [2.45, 2.75) is 284 Å². The summed E-state index contributed by atoms with van der Waals surface area (Å²) in [6.07, 6.45) is 69.5. The first-order valence-corrected chi connectivity index (χ1v) is 27.8. The normalized spacial score (nSPS) is 12.6. The van der Waals surface area contributed by atoms with Crippen LogP contribution >= 0.6 is 0 Å². The summed E-state index contributed by atoms with van der Waals surface area (Å²) in [6, 6.07) is 0. The van der Waals surface area contributed by atoms with Crippen LogP contribution in [0.4, 0.5) is 0 Å². The van der Waals surface area contributed by atoms with E-state index in [1.165, 1.54) is 167 Å². The molecule has 0 aromatic carbocycles. The molecule has 0 amide bonds. The smallest absolute Gasteiger partial charge is 0.306 e. The lowest BCUT2D eigenvalue weighted by Crippen LogP contribution is -2.30. The maximum absolute atomic E-state index is 12.8. The van der Waals surface area contributed by atoms with E-state index < -0.39 is 6.10 Å². The molecule has 64 heavy (non-hydrogen) atoms. The summed E-state index contributed by atoms with van der Waals surface area (Å²) < 4.78 is 17.4. The third-order valence-electron chi connectivity index (χ3n) is 12.0. The predicted molar refractivity (Wildman–Crippen MR) is 279 cm³/mol. The summed E-state index contributed by atoms with van der Waals surface area (Å²) >= 11 is 0. The Kier molecular flexibility index (Phi) is 52.9. The van der Waals surface area contributed by atoms with Crippen LogP contribution < -0.4 is 0 Å². The van der Waals surface area contributed by atoms with Gasteiger partial charge in [0.2, 0.25) is 0 Å². The highest BCUT2D eigenvalue weighted by atomic mass is 16.6. The second-order valence-corrected chi connectivity index (χ2v) is 18.5. The number of hydrogen-bond acceptors (Lipinski definition) is 5. The number of allylic oxidation sites excluding steroid dienone is 10. The number of carbonyl (C=O) groups is 2. The van der Waals surface area contributed by atoms with Crippen LogP contribution in [0.3, 0.4) is 0 Å². The van der Waals surface area contributed by atoms with Crippen molar-refractivity contribution >= 4 is 11.9 Å². The summed E-state index contributed by atoms with van der Waals surface area (Å²) in [5, 5.41) is 0. The second kappa shape index (κ2) is 54.9. The van der Waals surface area contributed by atoms with Gasteiger partial charge in [0.1, 0.15) is 6.61 Å². The molecule has 0 aromatic rings. The van der Waals surface area contributed by atoms with Crippen LogP contribution in [0.1, 0.15) is 278 Å². The van der Waals surface area contributed by atoms with E-state index >= 15 is 0 Å². The molecule has 0 bridgehead atoms. The molecular weight excluding hydrogens is 789 g/mol. The molecule has 0 spiro atoms. The Morgan fingerprint density at radius 1 is 0.359 bits per heavy atom. The van der Waals surface area contributed by atoms with Crippen LogP contribution in [0.25, 0.3) is 0 Å². The van der Waals surface area contributed by atoms with Crippen molar-refractivity contribution in [1.82, 2.24) is 0 Å². The molecule has 0 aliphatic heterocycles. The zero-order chi connectivity index (χ0) is 46.3. The van der Waals surface area contributed by atoms with E-state index in [4.69, 9.17) is 14.2 Å². The van der Waals surface area contributed by atoms with Gasteiger partial charge in [-0.2, -0.15) is 0 Å². The Hall–Kier alpha value is -2.40. The monoisotopic (exact) mass is 895 g/mol. The third kappa shape index (κ3) is 52.2. The number of carbonyl (C=O) groups excluding carboxylic acids is 2.